The molecule has 1 aliphatic rings. The topological polar surface area (TPSA) is 58.4 Å². The summed E-state index contributed by atoms with van der Waals surface area (Å²) in [5.41, 5.74) is 8.72. The summed E-state index contributed by atoms with van der Waals surface area (Å²) in [7, 11) is 0. The maximum Gasteiger partial charge on any atom is 0.237 e. The van der Waals surface area contributed by atoms with E-state index in [1.807, 2.05) is 13.8 Å². The summed E-state index contributed by atoms with van der Waals surface area (Å²) >= 11 is 0. The highest BCUT2D eigenvalue weighted by Gasteiger charge is 2.36. The van der Waals surface area contributed by atoms with Gasteiger partial charge in [-0.3, -0.25) is 9.69 Å². The van der Waals surface area contributed by atoms with Crippen molar-refractivity contribution in [3.05, 3.63) is 35.4 Å². The molecule has 0 spiro atoms. The molecular formula is C20H34ClN3O. The third kappa shape index (κ3) is 5.44. The van der Waals surface area contributed by atoms with Crippen LogP contribution in [-0.4, -0.2) is 36.0 Å². The highest BCUT2D eigenvalue weighted by Crippen LogP contribution is 2.29. The summed E-state index contributed by atoms with van der Waals surface area (Å²) in [6.45, 7) is 12.3. The molecule has 2 rings (SSSR count). The molecule has 3 N–H and O–H groups in total. The molecule has 1 saturated heterocycles. The van der Waals surface area contributed by atoms with Crippen molar-refractivity contribution >= 4 is 18.3 Å². The van der Waals surface area contributed by atoms with Crippen molar-refractivity contribution in [3.8, 4) is 0 Å². The molecule has 0 aromatic heterocycles. The van der Waals surface area contributed by atoms with Crippen molar-refractivity contribution in [1.82, 2.24) is 10.2 Å². The normalized spacial score (nSPS) is 22.6. The smallest absolute Gasteiger partial charge is 0.237 e. The third-order valence-electron chi connectivity index (χ3n) is 5.52. The van der Waals surface area contributed by atoms with E-state index in [0.29, 0.717) is 0 Å². The number of halogens is 1. The van der Waals surface area contributed by atoms with E-state index in [9.17, 15) is 4.79 Å². The van der Waals surface area contributed by atoms with Crippen LogP contribution in [0.5, 0.6) is 0 Å². The summed E-state index contributed by atoms with van der Waals surface area (Å²) in [6.07, 6.45) is 1.98. The molecule has 0 radical (unpaired) electrons. The number of nitrogens with one attached hydrogen (secondary N) is 1. The number of nitrogens with zero attached hydrogens (tertiary/aromatic N) is 1. The number of amides is 1. The Hall–Kier alpha value is -1.10. The van der Waals surface area contributed by atoms with Gasteiger partial charge in [-0.25, -0.2) is 0 Å². The van der Waals surface area contributed by atoms with Crippen LogP contribution >= 0.6 is 12.4 Å². The van der Waals surface area contributed by atoms with Crippen LogP contribution in [0.1, 0.15) is 58.2 Å². The van der Waals surface area contributed by atoms with E-state index in [0.717, 1.165) is 31.5 Å². The number of carbonyl (C=O) groups is 1. The Morgan fingerprint density at radius 3 is 2.44 bits per heavy atom. The van der Waals surface area contributed by atoms with E-state index < -0.39 is 0 Å². The molecule has 0 aliphatic carbocycles. The van der Waals surface area contributed by atoms with Crippen LogP contribution in [0, 0.1) is 5.41 Å². The highest BCUT2D eigenvalue weighted by molar-refractivity contribution is 5.85. The van der Waals surface area contributed by atoms with Gasteiger partial charge in [0.1, 0.15) is 0 Å². The van der Waals surface area contributed by atoms with Crippen LogP contribution in [-0.2, 0) is 11.2 Å². The Balaban J connectivity index is 0.00000312. The number of aryl methyl sites for hydroxylation is 1. The number of piperidine rings is 1. The van der Waals surface area contributed by atoms with E-state index in [1.165, 1.54) is 5.56 Å². The largest absolute Gasteiger partial charge is 0.348 e. The first-order valence-corrected chi connectivity index (χ1v) is 9.13. The molecule has 3 atom stereocenters. The monoisotopic (exact) mass is 367 g/mol. The summed E-state index contributed by atoms with van der Waals surface area (Å²) in [6, 6.07) is 8.58. The molecule has 1 aliphatic heterocycles. The Morgan fingerprint density at radius 1 is 1.32 bits per heavy atom. The number of hydrogen-bond donors (Lipinski definition) is 2. The Labute approximate surface area is 158 Å². The summed E-state index contributed by atoms with van der Waals surface area (Å²) < 4.78 is 0. The number of nitrogens with two attached hydrogens (primary N) is 1. The van der Waals surface area contributed by atoms with Crippen molar-refractivity contribution < 1.29 is 4.79 Å². The molecule has 25 heavy (non-hydrogen) atoms. The summed E-state index contributed by atoms with van der Waals surface area (Å²) in [5.74, 6) is 0.0911. The van der Waals surface area contributed by atoms with Gasteiger partial charge in [-0.05, 0) is 43.2 Å². The van der Waals surface area contributed by atoms with Gasteiger partial charge in [-0.15, -0.1) is 12.4 Å². The van der Waals surface area contributed by atoms with Gasteiger partial charge >= 0.3 is 0 Å². The molecule has 4 nitrogen and oxygen atoms in total. The van der Waals surface area contributed by atoms with Crippen molar-refractivity contribution in [2.75, 3.05) is 13.1 Å². The SMILES string of the molecule is CCc1ccc(C(C)NC(=O)C(C)N2CCC(N)C(C)(C)C2)cc1.Cl. The number of rotatable bonds is 5. The quantitative estimate of drug-likeness (QED) is 0.839. The average Bonchev–Trinajstić information content (AvgIpc) is 2.56. The lowest BCUT2D eigenvalue weighted by atomic mass is 9.79. The van der Waals surface area contributed by atoms with Gasteiger partial charge in [0.15, 0.2) is 0 Å². The molecule has 1 aromatic rings. The first kappa shape index (κ1) is 21.9. The molecule has 142 valence electrons. The summed E-state index contributed by atoms with van der Waals surface area (Å²) in [5, 5.41) is 3.16. The molecule has 1 fully saturated rings. The first-order valence-electron chi connectivity index (χ1n) is 9.13. The van der Waals surface area contributed by atoms with Crippen LogP contribution in [0.2, 0.25) is 0 Å². The molecule has 5 heteroatoms. The van der Waals surface area contributed by atoms with E-state index >= 15 is 0 Å². The fourth-order valence-corrected chi connectivity index (χ4v) is 3.37. The predicted octanol–water partition coefficient (Wildman–Crippen LogP) is 3.30. The first-order chi connectivity index (χ1) is 11.2. The van der Waals surface area contributed by atoms with Crippen LogP contribution in [0.4, 0.5) is 0 Å². The van der Waals surface area contributed by atoms with Crippen molar-refractivity contribution in [3.63, 3.8) is 0 Å². The molecule has 1 amide bonds. The minimum atomic E-state index is -0.130. The maximum atomic E-state index is 12.7. The maximum absolute atomic E-state index is 12.7. The standard InChI is InChI=1S/C20H33N3O.ClH/c1-6-16-7-9-17(10-8-16)14(2)22-19(24)15(3)23-12-11-18(21)20(4,5)13-23;/h7-10,14-15,18H,6,11-13,21H2,1-5H3,(H,22,24);1H. The van der Waals surface area contributed by atoms with Crippen molar-refractivity contribution in [2.24, 2.45) is 11.1 Å². The van der Waals surface area contributed by atoms with Crippen LogP contribution in [0.15, 0.2) is 24.3 Å². The lowest BCUT2D eigenvalue weighted by molar-refractivity contribution is -0.127. The van der Waals surface area contributed by atoms with Gasteiger partial charge in [0.05, 0.1) is 12.1 Å². The lowest BCUT2D eigenvalue weighted by Gasteiger charge is -2.44. The van der Waals surface area contributed by atoms with Gasteiger partial charge in [0.2, 0.25) is 5.91 Å². The minimum absolute atomic E-state index is 0. The third-order valence-corrected chi connectivity index (χ3v) is 5.52. The van der Waals surface area contributed by atoms with E-state index in [4.69, 9.17) is 5.73 Å². The zero-order valence-electron chi connectivity index (χ0n) is 16.2. The van der Waals surface area contributed by atoms with Gasteiger partial charge in [-0.1, -0.05) is 45.0 Å². The van der Waals surface area contributed by atoms with E-state index in [1.54, 1.807) is 0 Å². The zero-order chi connectivity index (χ0) is 17.9. The molecule has 0 saturated carbocycles. The zero-order valence-corrected chi connectivity index (χ0v) is 17.0. The fourth-order valence-electron chi connectivity index (χ4n) is 3.37. The van der Waals surface area contributed by atoms with Crippen LogP contribution in [0.3, 0.4) is 0 Å². The highest BCUT2D eigenvalue weighted by atomic mass is 35.5. The number of likely N-dealkylation sites (tertiary alicyclic amines) is 1. The molecular weight excluding hydrogens is 334 g/mol. The molecule has 0 bridgehead atoms. The van der Waals surface area contributed by atoms with E-state index in [2.05, 4.69) is 55.3 Å². The van der Waals surface area contributed by atoms with Gasteiger partial charge in [0.25, 0.3) is 0 Å². The van der Waals surface area contributed by atoms with Crippen LogP contribution < -0.4 is 11.1 Å². The van der Waals surface area contributed by atoms with Crippen molar-refractivity contribution in [2.45, 2.75) is 65.6 Å². The Kier molecular flexibility index (Phi) is 7.91. The predicted molar refractivity (Wildman–Crippen MR) is 107 cm³/mol. The molecule has 1 heterocycles. The molecule has 3 unspecified atom stereocenters. The second kappa shape index (κ2) is 9.02. The van der Waals surface area contributed by atoms with Crippen molar-refractivity contribution in [1.29, 1.82) is 0 Å². The summed E-state index contributed by atoms with van der Waals surface area (Å²) in [4.78, 5) is 14.9. The number of carbonyl (C=O) groups excluding carboxylic acids is 1. The van der Waals surface area contributed by atoms with Gasteiger partial charge in [-0.2, -0.15) is 0 Å². The minimum Gasteiger partial charge on any atom is -0.348 e. The number of benzene rings is 1. The van der Waals surface area contributed by atoms with Crippen LogP contribution in [0.25, 0.3) is 0 Å². The fraction of sp³-hybridized carbons (Fsp3) is 0.650. The number of hydrogen-bond acceptors (Lipinski definition) is 3. The Bertz CT molecular complexity index is 559. The average molecular weight is 368 g/mol. The second-order valence-electron chi connectivity index (χ2n) is 7.86. The molecule has 1 aromatic carbocycles. The van der Waals surface area contributed by atoms with E-state index in [-0.39, 0.29) is 41.9 Å². The Morgan fingerprint density at radius 2 is 1.92 bits per heavy atom. The van der Waals surface area contributed by atoms with Gasteiger partial charge < -0.3 is 11.1 Å². The lowest BCUT2D eigenvalue weighted by Crippen LogP contribution is -2.57. The van der Waals surface area contributed by atoms with Gasteiger partial charge in [0, 0.05) is 19.1 Å². The second-order valence-corrected chi connectivity index (χ2v) is 7.86.